The summed E-state index contributed by atoms with van der Waals surface area (Å²) in [5.41, 5.74) is 1.01. The normalized spacial score (nSPS) is 17.5. The predicted molar refractivity (Wildman–Crippen MR) is 292 cm³/mol. The number of aliphatic hydroxyl groups is 2. The maximum Gasteiger partial charge on any atom is 0.416 e. The topological polar surface area (TPSA) is 235 Å². The second-order valence-electron chi connectivity index (χ2n) is 19.0. The van der Waals surface area contributed by atoms with Gasteiger partial charge in [-0.2, -0.15) is 26.3 Å². The Labute approximate surface area is 463 Å². The smallest absolute Gasteiger partial charge is 0.378 e. The molecule has 26 heteroatoms. The van der Waals surface area contributed by atoms with Crippen LogP contribution in [0.15, 0.2) is 110 Å². The Hall–Kier alpha value is -6.30. The van der Waals surface area contributed by atoms with Gasteiger partial charge in [0.2, 0.25) is 0 Å². The van der Waals surface area contributed by atoms with Gasteiger partial charge in [-0.15, -0.1) is 22.7 Å². The summed E-state index contributed by atoms with van der Waals surface area (Å²) in [5, 5.41) is 30.5. The van der Waals surface area contributed by atoms with Crippen LogP contribution in [-0.4, -0.2) is 63.1 Å². The average molecular weight is 1180 g/mol. The van der Waals surface area contributed by atoms with Crippen LogP contribution in [0.25, 0.3) is 21.1 Å². The number of aryl methyl sites for hydroxylation is 4. The van der Waals surface area contributed by atoms with Gasteiger partial charge in [-0.25, -0.2) is 29.9 Å². The van der Waals surface area contributed by atoms with Gasteiger partial charge in [0.1, 0.15) is 44.5 Å². The minimum absolute atomic E-state index is 0.00309. The standard InChI is InChI=1S/C29H30F3N4O4PS.C25H22F3N4O4PS/c1-4-39-41(38,40-5-2)21-8-9-22-19(15-21)7-6-11-28(22,37)27-34-17-24(42-27)23-13-18(3)14-26(35-23)36-25-16-20(10-12-33-25)29(30,31)32;1-14-9-19(31-22(10-14)32-21-12-16(6-8-29-21)25(26,27)28)20-13-30-23(38-20)24(33)7-2-3-15-11-17(37(34,35)36)4-5-18(15)24/h8-10,12-17,37H,4-7,11H2,1-3H3,(H,33,35,36);4-6,8-13,33H,2-3,7H2,1H3,(H,29,31,32)(H2,34,35,36)/t28-;24-/m11/s1. The van der Waals surface area contributed by atoms with E-state index in [0.29, 0.717) is 103 Å². The van der Waals surface area contributed by atoms with Gasteiger partial charge < -0.3 is 39.7 Å². The molecule has 420 valence electrons. The number of anilines is 4. The highest BCUT2D eigenvalue weighted by atomic mass is 32.1. The Kier molecular flexibility index (Phi) is 16.7. The fourth-order valence-electron chi connectivity index (χ4n) is 9.54. The summed E-state index contributed by atoms with van der Waals surface area (Å²) < 4.78 is 115. The van der Waals surface area contributed by atoms with Crippen LogP contribution in [0.3, 0.4) is 0 Å². The van der Waals surface area contributed by atoms with Crippen LogP contribution in [0.1, 0.15) is 94.1 Å². The lowest BCUT2D eigenvalue weighted by molar-refractivity contribution is -0.138. The van der Waals surface area contributed by atoms with Crippen LogP contribution in [0.2, 0.25) is 0 Å². The van der Waals surface area contributed by atoms with E-state index >= 15 is 0 Å². The van der Waals surface area contributed by atoms with Gasteiger partial charge in [-0.1, -0.05) is 12.1 Å². The maximum atomic E-state index is 13.3. The molecule has 0 amide bonds. The predicted octanol–water partition coefficient (Wildman–Crippen LogP) is 12.2. The fourth-order valence-corrected chi connectivity index (χ4v) is 13.8. The van der Waals surface area contributed by atoms with E-state index in [1.165, 1.54) is 34.8 Å². The minimum Gasteiger partial charge on any atom is -0.378 e. The molecule has 16 nitrogen and oxygen atoms in total. The highest BCUT2D eigenvalue weighted by Gasteiger charge is 2.42. The Morgan fingerprint density at radius 2 is 1.01 bits per heavy atom. The lowest BCUT2D eigenvalue weighted by Crippen LogP contribution is -2.32. The number of alkyl halides is 6. The van der Waals surface area contributed by atoms with Crippen molar-refractivity contribution in [3.63, 3.8) is 0 Å². The molecule has 0 bridgehead atoms. The van der Waals surface area contributed by atoms with E-state index in [2.05, 4.69) is 40.5 Å². The van der Waals surface area contributed by atoms with Gasteiger partial charge >= 0.3 is 27.5 Å². The van der Waals surface area contributed by atoms with E-state index in [4.69, 9.17) is 9.05 Å². The van der Waals surface area contributed by atoms with Crippen LogP contribution in [0, 0.1) is 13.8 Å². The Morgan fingerprint density at radius 3 is 1.43 bits per heavy atom. The van der Waals surface area contributed by atoms with Crippen LogP contribution in [0.4, 0.5) is 49.6 Å². The quantitative estimate of drug-likeness (QED) is 0.0439. The number of halogens is 6. The number of hydrogen-bond acceptors (Lipinski definition) is 16. The van der Waals surface area contributed by atoms with Crippen molar-refractivity contribution in [2.75, 3.05) is 23.8 Å². The first-order chi connectivity index (χ1) is 37.8. The molecular formula is C54H52F6N8O8P2S2. The van der Waals surface area contributed by atoms with Crippen molar-refractivity contribution in [3.8, 4) is 21.1 Å². The molecular weight excluding hydrogens is 1130 g/mol. The Balaban J connectivity index is 0.000000195. The summed E-state index contributed by atoms with van der Waals surface area (Å²) in [6.45, 7) is 7.66. The van der Waals surface area contributed by atoms with Crippen molar-refractivity contribution >= 4 is 71.7 Å². The molecule has 0 spiro atoms. The van der Waals surface area contributed by atoms with Gasteiger partial charge in [-0.05, 0) is 172 Å². The largest absolute Gasteiger partial charge is 0.416 e. The number of fused-ring (bicyclic) bond motifs is 2. The molecule has 0 radical (unpaired) electrons. The van der Waals surface area contributed by atoms with Crippen LogP contribution in [0.5, 0.6) is 0 Å². The zero-order valence-corrected chi connectivity index (χ0v) is 46.6. The fraction of sp³-hybridized carbons (Fsp3) is 0.296. The molecule has 0 saturated heterocycles. The lowest BCUT2D eigenvalue weighted by Gasteiger charge is -2.33. The van der Waals surface area contributed by atoms with Crippen LogP contribution >= 0.6 is 37.9 Å². The van der Waals surface area contributed by atoms with Gasteiger partial charge in [-0.3, -0.25) is 9.13 Å². The Bertz CT molecular complexity index is 3680. The molecule has 2 aromatic carbocycles. The first-order valence-corrected chi connectivity index (χ1v) is 29.8. The molecule has 0 aliphatic heterocycles. The molecule has 6 heterocycles. The van der Waals surface area contributed by atoms with E-state index in [1.807, 2.05) is 19.9 Å². The van der Waals surface area contributed by atoms with Gasteiger partial charge in [0.25, 0.3) is 0 Å². The van der Waals surface area contributed by atoms with E-state index in [0.717, 1.165) is 53.3 Å². The molecule has 0 saturated carbocycles. The number of aromatic nitrogens is 6. The second-order valence-corrected chi connectivity index (χ2v) is 24.7. The van der Waals surface area contributed by atoms with E-state index in [-0.39, 0.29) is 30.2 Å². The average Bonchev–Trinajstić information content (AvgIpc) is 4.21. The highest BCUT2D eigenvalue weighted by Crippen LogP contribution is 2.50. The van der Waals surface area contributed by atoms with Crippen LogP contribution in [-0.2, 0) is 54.6 Å². The maximum absolute atomic E-state index is 13.3. The first-order valence-electron chi connectivity index (χ1n) is 25.0. The van der Waals surface area contributed by atoms with Crippen molar-refractivity contribution in [3.05, 3.63) is 164 Å². The number of benzene rings is 2. The summed E-state index contributed by atoms with van der Waals surface area (Å²) in [7, 11) is -7.91. The zero-order valence-electron chi connectivity index (χ0n) is 43.1. The molecule has 6 N–H and O–H groups in total. The van der Waals surface area contributed by atoms with E-state index in [1.54, 1.807) is 68.7 Å². The number of thiazole rings is 2. The van der Waals surface area contributed by atoms with Gasteiger partial charge in [0.05, 0.1) is 56.1 Å². The van der Waals surface area contributed by atoms with Gasteiger partial charge in [0.15, 0.2) is 0 Å². The highest BCUT2D eigenvalue weighted by molar-refractivity contribution is 7.62. The lowest BCUT2D eigenvalue weighted by atomic mass is 9.79. The number of hydrogen-bond donors (Lipinski definition) is 6. The SMILES string of the molecule is CCOP(=O)(OCC)c1ccc2c(c1)CCC[C@]2(O)c1ncc(-c2cc(C)cc(Nc3cc(C(F)(F)F)ccn3)n2)s1.Cc1cc(Nc2cc(C(F)(F)F)ccn2)nc(-c2cnc([C@@]3(O)CCCc4cc(P(=O)(O)O)ccc43)s2)c1. The van der Waals surface area contributed by atoms with Crippen molar-refractivity contribution in [1.82, 2.24) is 29.9 Å². The summed E-state index contributed by atoms with van der Waals surface area (Å²) in [6.07, 6.45) is -0.223. The second kappa shape index (κ2) is 22.9. The molecule has 2 aliphatic rings. The molecule has 2 aliphatic carbocycles. The third-order valence-electron chi connectivity index (χ3n) is 13.1. The van der Waals surface area contributed by atoms with Crippen molar-refractivity contribution < 1.29 is 64.5 Å². The molecule has 6 aromatic heterocycles. The number of rotatable bonds is 14. The first kappa shape index (κ1) is 58.4. The van der Waals surface area contributed by atoms with E-state index < -0.39 is 49.9 Å². The van der Waals surface area contributed by atoms with Gasteiger partial charge in [0, 0.05) is 24.8 Å². The number of nitrogens with zero attached hydrogens (tertiary/aromatic N) is 6. The molecule has 8 aromatic rings. The molecule has 80 heavy (non-hydrogen) atoms. The zero-order chi connectivity index (χ0) is 57.4. The molecule has 0 fully saturated rings. The summed E-state index contributed by atoms with van der Waals surface area (Å²) in [5.74, 6) is 0.642. The monoisotopic (exact) mass is 1180 g/mol. The van der Waals surface area contributed by atoms with Crippen molar-refractivity contribution in [2.45, 2.75) is 89.8 Å². The van der Waals surface area contributed by atoms with E-state index in [9.17, 15) is 55.5 Å². The summed E-state index contributed by atoms with van der Waals surface area (Å²) in [6, 6.07) is 20.2. The third kappa shape index (κ3) is 12.7. The summed E-state index contributed by atoms with van der Waals surface area (Å²) in [4.78, 5) is 46.5. The van der Waals surface area contributed by atoms with Crippen molar-refractivity contribution in [1.29, 1.82) is 0 Å². The number of nitrogens with one attached hydrogen (secondary N) is 2. The van der Waals surface area contributed by atoms with Crippen molar-refractivity contribution in [2.24, 2.45) is 0 Å². The summed E-state index contributed by atoms with van der Waals surface area (Å²) >= 11 is 2.52. The third-order valence-corrected chi connectivity index (χ3v) is 18.5. The minimum atomic E-state index is -4.50. The Morgan fingerprint density at radius 1 is 0.588 bits per heavy atom. The van der Waals surface area contributed by atoms with Crippen LogP contribution < -0.4 is 21.2 Å². The number of pyridine rings is 4. The molecule has 0 unspecified atom stereocenters. The molecule has 2 atom stereocenters. The molecule has 10 rings (SSSR count).